The SMILES string of the molecule is CCC1COC(C)CN1C(=O)C(C)CCl. The van der Waals surface area contributed by atoms with Crippen molar-refractivity contribution >= 4 is 17.5 Å². The molecule has 1 aliphatic rings. The molecular formula is C11H20ClNO2. The van der Waals surface area contributed by atoms with Gasteiger partial charge in [0.2, 0.25) is 5.91 Å². The number of amides is 1. The number of carbonyl (C=O) groups is 1. The van der Waals surface area contributed by atoms with E-state index in [0.717, 1.165) is 6.42 Å². The number of ether oxygens (including phenoxy) is 1. The zero-order valence-corrected chi connectivity index (χ0v) is 10.5. The molecule has 3 atom stereocenters. The van der Waals surface area contributed by atoms with Crippen molar-refractivity contribution in [3.8, 4) is 0 Å². The van der Waals surface area contributed by atoms with E-state index < -0.39 is 0 Å². The summed E-state index contributed by atoms with van der Waals surface area (Å²) in [7, 11) is 0. The summed E-state index contributed by atoms with van der Waals surface area (Å²) in [5.74, 6) is 0.457. The minimum absolute atomic E-state index is 0.0917. The second kappa shape index (κ2) is 5.71. The molecule has 0 aromatic heterocycles. The summed E-state index contributed by atoms with van der Waals surface area (Å²) in [5, 5.41) is 0. The molecule has 4 heteroatoms. The van der Waals surface area contributed by atoms with Crippen LogP contribution in [0.5, 0.6) is 0 Å². The quantitative estimate of drug-likeness (QED) is 0.697. The zero-order valence-electron chi connectivity index (χ0n) is 9.70. The first-order valence-corrected chi connectivity index (χ1v) is 6.11. The lowest BCUT2D eigenvalue weighted by molar-refractivity contribution is -0.147. The van der Waals surface area contributed by atoms with Gasteiger partial charge in [0.1, 0.15) is 0 Å². The van der Waals surface area contributed by atoms with E-state index in [1.807, 2.05) is 18.7 Å². The van der Waals surface area contributed by atoms with E-state index in [1.54, 1.807) is 0 Å². The lowest BCUT2D eigenvalue weighted by Crippen LogP contribution is -2.53. The Morgan fingerprint density at radius 1 is 1.67 bits per heavy atom. The van der Waals surface area contributed by atoms with Gasteiger partial charge in [0.05, 0.1) is 18.8 Å². The highest BCUT2D eigenvalue weighted by Crippen LogP contribution is 2.17. The highest BCUT2D eigenvalue weighted by Gasteiger charge is 2.31. The first-order chi connectivity index (χ1) is 7.10. The van der Waals surface area contributed by atoms with Crippen molar-refractivity contribution < 1.29 is 9.53 Å². The summed E-state index contributed by atoms with van der Waals surface area (Å²) < 4.78 is 5.55. The Balaban J connectivity index is 2.66. The summed E-state index contributed by atoms with van der Waals surface area (Å²) >= 11 is 5.71. The summed E-state index contributed by atoms with van der Waals surface area (Å²) in [6.45, 7) is 7.30. The molecule has 0 N–H and O–H groups in total. The van der Waals surface area contributed by atoms with Crippen LogP contribution < -0.4 is 0 Å². The van der Waals surface area contributed by atoms with Crippen LogP contribution in [0.1, 0.15) is 27.2 Å². The number of alkyl halides is 1. The molecule has 0 spiro atoms. The highest BCUT2D eigenvalue weighted by atomic mass is 35.5. The van der Waals surface area contributed by atoms with E-state index in [4.69, 9.17) is 16.3 Å². The largest absolute Gasteiger partial charge is 0.375 e. The van der Waals surface area contributed by atoms with Gasteiger partial charge >= 0.3 is 0 Å². The van der Waals surface area contributed by atoms with Crippen molar-refractivity contribution in [1.29, 1.82) is 0 Å². The van der Waals surface area contributed by atoms with Crippen LogP contribution in [0.25, 0.3) is 0 Å². The molecule has 3 unspecified atom stereocenters. The number of carbonyl (C=O) groups excluding carboxylic acids is 1. The third kappa shape index (κ3) is 3.08. The lowest BCUT2D eigenvalue weighted by Gasteiger charge is -2.39. The van der Waals surface area contributed by atoms with Gasteiger partial charge in [-0.05, 0) is 13.3 Å². The van der Waals surface area contributed by atoms with Crippen LogP contribution in [0.15, 0.2) is 0 Å². The van der Waals surface area contributed by atoms with Gasteiger partial charge in [0.15, 0.2) is 0 Å². The van der Waals surface area contributed by atoms with Gasteiger partial charge in [-0.15, -0.1) is 11.6 Å². The monoisotopic (exact) mass is 233 g/mol. The first kappa shape index (κ1) is 12.8. The van der Waals surface area contributed by atoms with Crippen LogP contribution in [0, 0.1) is 5.92 Å². The Morgan fingerprint density at radius 2 is 2.33 bits per heavy atom. The average molecular weight is 234 g/mol. The first-order valence-electron chi connectivity index (χ1n) is 5.58. The Bertz CT molecular complexity index is 223. The summed E-state index contributed by atoms with van der Waals surface area (Å²) in [5.41, 5.74) is 0. The maximum Gasteiger partial charge on any atom is 0.227 e. The zero-order chi connectivity index (χ0) is 11.4. The second-order valence-corrected chi connectivity index (χ2v) is 4.56. The summed E-state index contributed by atoms with van der Waals surface area (Å²) in [6.07, 6.45) is 1.08. The Kier molecular flexibility index (Phi) is 4.87. The van der Waals surface area contributed by atoms with Crippen LogP contribution in [-0.2, 0) is 9.53 Å². The van der Waals surface area contributed by atoms with Crippen molar-refractivity contribution in [2.45, 2.75) is 39.3 Å². The normalized spacial score (nSPS) is 28.9. The minimum Gasteiger partial charge on any atom is -0.375 e. The van der Waals surface area contributed by atoms with E-state index in [-0.39, 0.29) is 24.0 Å². The van der Waals surface area contributed by atoms with Crippen LogP contribution >= 0.6 is 11.6 Å². The molecule has 15 heavy (non-hydrogen) atoms. The van der Waals surface area contributed by atoms with Gasteiger partial charge < -0.3 is 9.64 Å². The maximum atomic E-state index is 12.0. The molecule has 1 fully saturated rings. The van der Waals surface area contributed by atoms with Gasteiger partial charge in [0.25, 0.3) is 0 Å². The Labute approximate surface area is 96.7 Å². The third-order valence-corrected chi connectivity index (χ3v) is 3.34. The van der Waals surface area contributed by atoms with Gasteiger partial charge in [0, 0.05) is 18.3 Å². The molecule has 1 heterocycles. The van der Waals surface area contributed by atoms with Crippen LogP contribution in [0.4, 0.5) is 0 Å². The molecule has 0 aromatic carbocycles. The third-order valence-electron chi connectivity index (χ3n) is 2.88. The molecule has 1 saturated heterocycles. The van der Waals surface area contributed by atoms with Crippen molar-refractivity contribution in [1.82, 2.24) is 4.90 Å². The fourth-order valence-corrected chi connectivity index (χ4v) is 1.93. The predicted molar refractivity (Wildman–Crippen MR) is 61.1 cm³/mol. The van der Waals surface area contributed by atoms with E-state index in [0.29, 0.717) is 19.0 Å². The molecule has 0 aliphatic carbocycles. The van der Waals surface area contributed by atoms with Crippen molar-refractivity contribution in [2.24, 2.45) is 5.92 Å². The average Bonchev–Trinajstić information content (AvgIpc) is 2.27. The van der Waals surface area contributed by atoms with Gasteiger partial charge in [-0.1, -0.05) is 13.8 Å². The Morgan fingerprint density at radius 3 is 2.87 bits per heavy atom. The topological polar surface area (TPSA) is 29.5 Å². The number of rotatable bonds is 3. The van der Waals surface area contributed by atoms with Crippen LogP contribution in [-0.4, -0.2) is 42.0 Å². The number of morpholine rings is 1. The minimum atomic E-state index is -0.0917. The molecule has 1 aliphatic heterocycles. The number of hydrogen-bond acceptors (Lipinski definition) is 2. The molecule has 3 nitrogen and oxygen atoms in total. The van der Waals surface area contributed by atoms with Gasteiger partial charge in [-0.2, -0.15) is 0 Å². The second-order valence-electron chi connectivity index (χ2n) is 4.25. The molecule has 0 aromatic rings. The standard InChI is InChI=1S/C11H20ClNO2/c1-4-10-7-15-9(3)6-13(10)11(14)8(2)5-12/h8-10H,4-7H2,1-3H3. The van der Waals surface area contributed by atoms with E-state index >= 15 is 0 Å². The highest BCUT2D eigenvalue weighted by molar-refractivity contribution is 6.19. The van der Waals surface area contributed by atoms with Crippen molar-refractivity contribution in [3.63, 3.8) is 0 Å². The smallest absolute Gasteiger partial charge is 0.227 e. The number of halogens is 1. The van der Waals surface area contributed by atoms with Gasteiger partial charge in [-0.3, -0.25) is 4.79 Å². The van der Waals surface area contributed by atoms with E-state index in [2.05, 4.69) is 6.92 Å². The molecule has 1 rings (SSSR count). The molecule has 0 saturated carbocycles. The van der Waals surface area contributed by atoms with Crippen molar-refractivity contribution in [2.75, 3.05) is 19.0 Å². The molecule has 88 valence electrons. The molecular weight excluding hydrogens is 214 g/mol. The fraction of sp³-hybridized carbons (Fsp3) is 0.909. The van der Waals surface area contributed by atoms with Crippen molar-refractivity contribution in [3.05, 3.63) is 0 Å². The fourth-order valence-electron chi connectivity index (χ4n) is 1.80. The van der Waals surface area contributed by atoms with Crippen LogP contribution in [0.3, 0.4) is 0 Å². The maximum absolute atomic E-state index is 12.0. The Hall–Kier alpha value is -0.280. The molecule has 0 radical (unpaired) electrons. The molecule has 1 amide bonds. The molecule has 0 bridgehead atoms. The van der Waals surface area contributed by atoms with Crippen LogP contribution in [0.2, 0.25) is 0 Å². The van der Waals surface area contributed by atoms with E-state index in [1.165, 1.54) is 0 Å². The predicted octanol–water partition coefficient (Wildman–Crippen LogP) is 1.89. The van der Waals surface area contributed by atoms with E-state index in [9.17, 15) is 4.79 Å². The number of hydrogen-bond donors (Lipinski definition) is 0. The summed E-state index contributed by atoms with van der Waals surface area (Å²) in [6, 6.07) is 0.222. The number of nitrogens with zero attached hydrogens (tertiary/aromatic N) is 1. The summed E-state index contributed by atoms with van der Waals surface area (Å²) in [4.78, 5) is 14.0. The lowest BCUT2D eigenvalue weighted by atomic mass is 10.1. The van der Waals surface area contributed by atoms with Gasteiger partial charge in [-0.25, -0.2) is 0 Å².